The van der Waals surface area contributed by atoms with Crippen LogP contribution in [0.25, 0.3) is 0 Å². The first-order chi connectivity index (χ1) is 15.8. The van der Waals surface area contributed by atoms with Gasteiger partial charge in [0.2, 0.25) is 0 Å². The molecular weight excluding hydrogens is 420 g/mol. The maximum absolute atomic E-state index is 13.2. The van der Waals surface area contributed by atoms with E-state index < -0.39 is 10.4 Å². The van der Waals surface area contributed by atoms with Crippen LogP contribution in [0.3, 0.4) is 0 Å². The Morgan fingerprint density at radius 2 is 1.74 bits per heavy atom. The van der Waals surface area contributed by atoms with Gasteiger partial charge in [0.15, 0.2) is 5.78 Å². The molecule has 8 unspecified atom stereocenters. The normalized spacial score (nSPS) is 42.8. The van der Waals surface area contributed by atoms with Gasteiger partial charge < -0.3 is 10.5 Å². The van der Waals surface area contributed by atoms with E-state index in [2.05, 4.69) is 12.0 Å². The van der Waals surface area contributed by atoms with E-state index in [0.29, 0.717) is 42.5 Å². The van der Waals surface area contributed by atoms with Crippen LogP contribution in [0, 0.1) is 46.8 Å². The van der Waals surface area contributed by atoms with Crippen molar-refractivity contribution in [3.63, 3.8) is 0 Å². The highest BCUT2D eigenvalue weighted by atomic mass is 16.5. The van der Waals surface area contributed by atoms with Crippen LogP contribution < -0.4 is 11.6 Å². The molecule has 4 fully saturated rings. The highest BCUT2D eigenvalue weighted by Gasteiger charge is 2.61. The molecule has 4 aliphatic rings. The number of ketones is 1. The Morgan fingerprint density at radius 1 is 1.06 bits per heavy atom. The maximum atomic E-state index is 13.2. The fourth-order valence-electron chi connectivity index (χ4n) is 8.84. The summed E-state index contributed by atoms with van der Waals surface area (Å²) in [6, 6.07) is 0. The number of hydrogen-bond donors (Lipinski definition) is 2. The molecule has 0 aliphatic heterocycles. The molecule has 4 N–H and O–H groups in total. The van der Waals surface area contributed by atoms with Gasteiger partial charge in [-0.1, -0.05) is 30.2 Å². The standard InChI is InChI=1S/C24H38B4N4O2/c1-13(29)31-32(30)11-20(33)19-7-6-17-15-4-5-18-16(14(15)8-9-22(17,19)2)10-23(25,26)21(12-34-3)24(18,27)28/h14-19,21H,4-12,30H2,1-3H3,(H2,29,31). The summed E-state index contributed by atoms with van der Waals surface area (Å²) in [5.41, 5.74) is 5.60. The third-order valence-electron chi connectivity index (χ3n) is 10.2. The largest absolute Gasteiger partial charge is 0.386 e. The molecule has 0 heterocycles. The second kappa shape index (κ2) is 9.21. The first-order valence-electron chi connectivity index (χ1n) is 12.8. The molecule has 0 bridgehead atoms. The number of hydrazine groups is 1. The zero-order chi connectivity index (χ0) is 25.1. The summed E-state index contributed by atoms with van der Waals surface area (Å²) < 4.78 is 5.41. The number of ether oxygens (including phenoxy) is 1. The SMILES string of the molecule is [B]C1([B])CC2C3CCC4(C)C(C(=O)CN(N)/N=C(/C)N)CCC4C3CCC2C([B])([B])C1COC. The Balaban J connectivity index is 1.53. The van der Waals surface area contributed by atoms with Crippen LogP contribution >= 0.6 is 0 Å². The van der Waals surface area contributed by atoms with E-state index in [-0.39, 0.29) is 35.5 Å². The van der Waals surface area contributed by atoms with E-state index in [1.54, 1.807) is 14.0 Å². The number of fused-ring (bicyclic) bond motifs is 5. The van der Waals surface area contributed by atoms with Gasteiger partial charge in [-0.05, 0) is 80.0 Å². The molecule has 0 spiro atoms. The number of methoxy groups -OCH3 is 1. The van der Waals surface area contributed by atoms with Gasteiger partial charge in [-0.15, -0.1) is 5.10 Å². The van der Waals surface area contributed by atoms with Crippen molar-refractivity contribution in [3.8, 4) is 0 Å². The first kappa shape index (κ1) is 26.2. The summed E-state index contributed by atoms with van der Waals surface area (Å²) >= 11 is 0. The van der Waals surface area contributed by atoms with E-state index in [1.165, 1.54) is 5.12 Å². The lowest BCUT2D eigenvalue weighted by Gasteiger charge is -2.65. The Hall–Kier alpha value is -0.880. The van der Waals surface area contributed by atoms with Crippen molar-refractivity contribution in [2.75, 3.05) is 20.3 Å². The zero-order valence-corrected chi connectivity index (χ0v) is 21.1. The number of Topliss-reactive ketones (excluding diaryl/α,β-unsaturated/α-hetero) is 1. The predicted octanol–water partition coefficient (Wildman–Crippen LogP) is 1.68. The van der Waals surface area contributed by atoms with E-state index in [9.17, 15) is 4.79 Å². The van der Waals surface area contributed by atoms with Crippen LogP contribution in [0.2, 0.25) is 10.4 Å². The number of nitrogens with two attached hydrogens (primary N) is 2. The number of hydrogen-bond acceptors (Lipinski definition) is 5. The van der Waals surface area contributed by atoms with Gasteiger partial charge in [0.05, 0.1) is 31.4 Å². The minimum absolute atomic E-state index is 0.000779. The highest BCUT2D eigenvalue weighted by Crippen LogP contribution is 2.69. The first-order valence-corrected chi connectivity index (χ1v) is 12.8. The lowest BCUT2D eigenvalue weighted by molar-refractivity contribution is -0.132. The molecule has 0 aromatic rings. The molecule has 8 atom stereocenters. The molecule has 4 rings (SSSR count). The third-order valence-corrected chi connectivity index (χ3v) is 10.2. The molecule has 178 valence electrons. The predicted molar refractivity (Wildman–Crippen MR) is 138 cm³/mol. The Labute approximate surface area is 210 Å². The summed E-state index contributed by atoms with van der Waals surface area (Å²) in [5.74, 6) is 8.14. The Morgan fingerprint density at radius 3 is 2.38 bits per heavy atom. The van der Waals surface area contributed by atoms with Crippen LogP contribution in [-0.4, -0.2) is 68.4 Å². The van der Waals surface area contributed by atoms with Gasteiger partial charge in [-0.3, -0.25) is 4.79 Å². The van der Waals surface area contributed by atoms with Crippen LogP contribution in [0.15, 0.2) is 5.10 Å². The number of carbonyl (C=O) groups is 1. The maximum Gasteiger partial charge on any atom is 0.159 e. The van der Waals surface area contributed by atoms with Crippen molar-refractivity contribution in [2.24, 2.45) is 63.5 Å². The van der Waals surface area contributed by atoms with Gasteiger partial charge >= 0.3 is 0 Å². The number of hydrazone groups is 1. The lowest BCUT2D eigenvalue weighted by Crippen LogP contribution is -2.57. The second-order valence-electron chi connectivity index (χ2n) is 12.1. The average Bonchev–Trinajstić information content (AvgIpc) is 3.07. The molecule has 34 heavy (non-hydrogen) atoms. The van der Waals surface area contributed by atoms with Gasteiger partial charge in [-0.25, -0.2) is 11.0 Å². The van der Waals surface area contributed by atoms with Gasteiger partial charge in [0.25, 0.3) is 0 Å². The summed E-state index contributed by atoms with van der Waals surface area (Å²) in [4.78, 5) is 13.2. The molecule has 0 aromatic heterocycles. The van der Waals surface area contributed by atoms with Crippen molar-refractivity contribution >= 4 is 43.0 Å². The topological polar surface area (TPSA) is 93.9 Å². The zero-order valence-electron chi connectivity index (χ0n) is 21.1. The average molecular weight is 458 g/mol. The molecule has 0 saturated heterocycles. The van der Waals surface area contributed by atoms with Crippen LogP contribution in [0.4, 0.5) is 0 Å². The fraction of sp³-hybridized carbons (Fsp3) is 0.917. The van der Waals surface area contributed by atoms with E-state index in [0.717, 1.165) is 38.5 Å². The number of carbonyl (C=O) groups excluding carboxylic acids is 1. The van der Waals surface area contributed by atoms with Gasteiger partial charge in [0.1, 0.15) is 12.4 Å². The number of nitrogens with zero attached hydrogens (tertiary/aromatic N) is 2. The Bertz CT molecular complexity index is 821. The van der Waals surface area contributed by atoms with Crippen molar-refractivity contribution in [1.82, 2.24) is 5.12 Å². The van der Waals surface area contributed by atoms with Gasteiger partial charge in [-0.2, -0.15) is 0 Å². The third kappa shape index (κ3) is 4.29. The van der Waals surface area contributed by atoms with Crippen molar-refractivity contribution in [1.29, 1.82) is 0 Å². The van der Waals surface area contributed by atoms with Crippen LogP contribution in [-0.2, 0) is 9.53 Å². The molecule has 0 aromatic carbocycles. The monoisotopic (exact) mass is 458 g/mol. The van der Waals surface area contributed by atoms with E-state index >= 15 is 0 Å². The van der Waals surface area contributed by atoms with E-state index in [4.69, 9.17) is 47.7 Å². The summed E-state index contributed by atoms with van der Waals surface area (Å²) in [6.07, 6.45) is 6.81. The van der Waals surface area contributed by atoms with Crippen molar-refractivity contribution in [2.45, 2.75) is 69.2 Å². The molecule has 0 amide bonds. The quantitative estimate of drug-likeness (QED) is 0.208. The second-order valence-corrected chi connectivity index (χ2v) is 12.1. The summed E-state index contributed by atoms with van der Waals surface area (Å²) in [6.45, 7) is 4.43. The smallest absolute Gasteiger partial charge is 0.159 e. The van der Waals surface area contributed by atoms with Crippen LogP contribution in [0.1, 0.15) is 58.8 Å². The number of rotatable bonds is 6. The molecule has 6 nitrogen and oxygen atoms in total. The van der Waals surface area contributed by atoms with Crippen molar-refractivity contribution in [3.05, 3.63) is 0 Å². The summed E-state index contributed by atoms with van der Waals surface area (Å²) in [5, 5.41) is 3.27. The van der Waals surface area contributed by atoms with Gasteiger partial charge in [0, 0.05) is 19.6 Å². The van der Waals surface area contributed by atoms with E-state index in [1.807, 2.05) is 0 Å². The minimum Gasteiger partial charge on any atom is -0.386 e. The van der Waals surface area contributed by atoms with Crippen LogP contribution in [0.5, 0.6) is 0 Å². The Kier molecular flexibility index (Phi) is 7.09. The fourth-order valence-corrected chi connectivity index (χ4v) is 8.84. The highest BCUT2D eigenvalue weighted by molar-refractivity contribution is 6.45. The molecule has 8 radical (unpaired) electrons. The van der Waals surface area contributed by atoms with Crippen molar-refractivity contribution < 1.29 is 9.53 Å². The number of amidine groups is 1. The molecular formula is C24H38B4N4O2. The lowest BCUT2D eigenvalue weighted by atomic mass is 9.25. The molecule has 10 heteroatoms. The minimum atomic E-state index is -0.955. The summed E-state index contributed by atoms with van der Waals surface area (Å²) in [7, 11) is 28.5. The molecule has 4 saturated carbocycles. The molecule has 4 aliphatic carbocycles.